The van der Waals surface area contributed by atoms with Crippen LogP contribution < -0.4 is 5.32 Å². The van der Waals surface area contributed by atoms with Gasteiger partial charge in [-0.05, 0) is 0 Å². The van der Waals surface area contributed by atoms with Gasteiger partial charge in [-0.3, -0.25) is 9.80 Å². The highest BCUT2D eigenvalue weighted by Crippen LogP contribution is 2.26. The summed E-state index contributed by atoms with van der Waals surface area (Å²) in [5, 5.41) is 3.42. The maximum Gasteiger partial charge on any atom is 0.125 e. The SMILES string of the molecule is CC(C)NCc1cnc(C2CN3CCN2CC3)[nH]1. The van der Waals surface area contributed by atoms with Crippen molar-refractivity contribution in [2.45, 2.75) is 32.5 Å². The lowest BCUT2D eigenvalue weighted by Crippen LogP contribution is -2.57. The van der Waals surface area contributed by atoms with E-state index in [1.165, 1.54) is 31.9 Å². The van der Waals surface area contributed by atoms with Gasteiger partial charge < -0.3 is 10.3 Å². The van der Waals surface area contributed by atoms with Crippen LogP contribution in [0.4, 0.5) is 0 Å². The second kappa shape index (κ2) is 4.99. The molecule has 0 aromatic carbocycles. The first-order chi connectivity index (χ1) is 8.72. The number of aromatic nitrogens is 2. The molecule has 1 atom stereocenters. The van der Waals surface area contributed by atoms with E-state index in [0.29, 0.717) is 12.1 Å². The quantitative estimate of drug-likeness (QED) is 0.819. The van der Waals surface area contributed by atoms with Crippen molar-refractivity contribution in [2.24, 2.45) is 0 Å². The molecule has 0 aliphatic carbocycles. The summed E-state index contributed by atoms with van der Waals surface area (Å²) in [7, 11) is 0. The van der Waals surface area contributed by atoms with Gasteiger partial charge >= 0.3 is 0 Å². The number of hydrogen-bond acceptors (Lipinski definition) is 4. The molecule has 1 unspecified atom stereocenters. The Bertz CT molecular complexity index is 392. The van der Waals surface area contributed by atoms with Gasteiger partial charge in [0.15, 0.2) is 0 Å². The van der Waals surface area contributed by atoms with E-state index in [2.05, 4.69) is 38.9 Å². The molecule has 3 fully saturated rings. The summed E-state index contributed by atoms with van der Waals surface area (Å²) in [5.41, 5.74) is 1.19. The largest absolute Gasteiger partial charge is 0.343 e. The molecule has 0 spiro atoms. The number of nitrogens with one attached hydrogen (secondary N) is 2. The lowest BCUT2D eigenvalue weighted by Gasteiger charge is -2.46. The van der Waals surface area contributed by atoms with Crippen LogP contribution in [-0.4, -0.2) is 58.5 Å². The molecule has 5 nitrogen and oxygen atoms in total. The van der Waals surface area contributed by atoms with Gasteiger partial charge in [-0.25, -0.2) is 4.98 Å². The summed E-state index contributed by atoms with van der Waals surface area (Å²) >= 11 is 0. The van der Waals surface area contributed by atoms with Crippen LogP contribution in [-0.2, 0) is 6.54 Å². The molecule has 100 valence electrons. The number of piperazine rings is 3. The average Bonchev–Trinajstić information content (AvgIpc) is 2.86. The van der Waals surface area contributed by atoms with Gasteiger partial charge in [-0.15, -0.1) is 0 Å². The van der Waals surface area contributed by atoms with Crippen molar-refractivity contribution >= 4 is 0 Å². The Balaban J connectivity index is 1.66. The molecule has 2 N–H and O–H groups in total. The zero-order valence-corrected chi connectivity index (χ0v) is 11.3. The predicted molar refractivity (Wildman–Crippen MR) is 71.3 cm³/mol. The van der Waals surface area contributed by atoms with Crippen LogP contribution in [0.1, 0.15) is 31.4 Å². The highest BCUT2D eigenvalue weighted by molar-refractivity contribution is 5.08. The number of aromatic amines is 1. The normalized spacial score (nSPS) is 31.2. The lowest BCUT2D eigenvalue weighted by atomic mass is 10.1. The summed E-state index contributed by atoms with van der Waals surface area (Å²) < 4.78 is 0. The lowest BCUT2D eigenvalue weighted by molar-refractivity contribution is 0.00895. The average molecular weight is 249 g/mol. The molecule has 4 heterocycles. The Morgan fingerprint density at radius 1 is 1.39 bits per heavy atom. The maximum atomic E-state index is 4.57. The van der Waals surface area contributed by atoms with E-state index in [-0.39, 0.29) is 0 Å². The molecule has 5 heteroatoms. The standard InChI is InChI=1S/C13H23N5/c1-10(2)14-7-11-8-15-13(16-11)12-9-17-3-5-18(12)6-4-17/h8,10,12,14H,3-7,9H2,1-2H3,(H,15,16). The van der Waals surface area contributed by atoms with Crippen LogP contribution in [0.5, 0.6) is 0 Å². The number of imidazole rings is 1. The number of hydrogen-bond donors (Lipinski definition) is 2. The zero-order chi connectivity index (χ0) is 12.5. The third-order valence-corrected chi connectivity index (χ3v) is 3.94. The van der Waals surface area contributed by atoms with Crippen LogP contribution >= 0.6 is 0 Å². The Morgan fingerprint density at radius 2 is 2.17 bits per heavy atom. The van der Waals surface area contributed by atoms with Crippen molar-refractivity contribution in [3.05, 3.63) is 17.7 Å². The van der Waals surface area contributed by atoms with Gasteiger partial charge in [0.05, 0.1) is 6.04 Å². The molecule has 1 aromatic heterocycles. The van der Waals surface area contributed by atoms with E-state index in [9.17, 15) is 0 Å². The van der Waals surface area contributed by atoms with Gasteiger partial charge in [0, 0.05) is 57.2 Å². The fraction of sp³-hybridized carbons (Fsp3) is 0.769. The first kappa shape index (κ1) is 12.1. The van der Waals surface area contributed by atoms with Gasteiger partial charge in [-0.1, -0.05) is 13.8 Å². The number of rotatable bonds is 4. The summed E-state index contributed by atoms with van der Waals surface area (Å²) in [6, 6.07) is 0.984. The third kappa shape index (κ3) is 2.43. The fourth-order valence-electron chi connectivity index (χ4n) is 2.83. The molecular weight excluding hydrogens is 226 g/mol. The minimum atomic E-state index is 0.472. The molecule has 3 aliphatic rings. The smallest absolute Gasteiger partial charge is 0.125 e. The van der Waals surface area contributed by atoms with Crippen LogP contribution in [0.3, 0.4) is 0 Å². The number of fused-ring (bicyclic) bond motifs is 3. The molecule has 3 aliphatic heterocycles. The highest BCUT2D eigenvalue weighted by Gasteiger charge is 2.34. The first-order valence-electron chi connectivity index (χ1n) is 6.96. The summed E-state index contributed by atoms with van der Waals surface area (Å²) in [6.45, 7) is 11.1. The van der Waals surface area contributed by atoms with Gasteiger partial charge in [0.2, 0.25) is 0 Å². The number of nitrogens with zero attached hydrogens (tertiary/aromatic N) is 3. The van der Waals surface area contributed by atoms with E-state index in [4.69, 9.17) is 0 Å². The van der Waals surface area contributed by atoms with Crippen LogP contribution in [0, 0.1) is 0 Å². The van der Waals surface area contributed by atoms with Crippen molar-refractivity contribution in [3.8, 4) is 0 Å². The highest BCUT2D eigenvalue weighted by atomic mass is 15.4. The van der Waals surface area contributed by atoms with Crippen LogP contribution in [0.25, 0.3) is 0 Å². The van der Waals surface area contributed by atoms with Crippen molar-refractivity contribution in [1.82, 2.24) is 25.1 Å². The monoisotopic (exact) mass is 249 g/mol. The fourth-order valence-corrected chi connectivity index (χ4v) is 2.83. The molecule has 1 aromatic rings. The van der Waals surface area contributed by atoms with Crippen molar-refractivity contribution < 1.29 is 0 Å². The second-order valence-corrected chi connectivity index (χ2v) is 5.68. The molecule has 4 rings (SSSR count). The van der Waals surface area contributed by atoms with Gasteiger partial charge in [-0.2, -0.15) is 0 Å². The first-order valence-corrected chi connectivity index (χ1v) is 6.96. The Morgan fingerprint density at radius 3 is 2.78 bits per heavy atom. The van der Waals surface area contributed by atoms with E-state index >= 15 is 0 Å². The van der Waals surface area contributed by atoms with Crippen LogP contribution in [0.15, 0.2) is 6.20 Å². The van der Waals surface area contributed by atoms with Gasteiger partial charge in [0.25, 0.3) is 0 Å². The Labute approximate surface area is 109 Å². The molecular formula is C13H23N5. The molecule has 0 saturated carbocycles. The zero-order valence-electron chi connectivity index (χ0n) is 11.3. The third-order valence-electron chi connectivity index (χ3n) is 3.94. The number of H-pyrrole nitrogens is 1. The van der Waals surface area contributed by atoms with Gasteiger partial charge in [0.1, 0.15) is 5.82 Å². The molecule has 2 bridgehead atoms. The summed E-state index contributed by atoms with van der Waals surface area (Å²) in [6.07, 6.45) is 1.98. The molecule has 18 heavy (non-hydrogen) atoms. The molecule has 0 amide bonds. The topological polar surface area (TPSA) is 47.2 Å². The minimum Gasteiger partial charge on any atom is -0.343 e. The van der Waals surface area contributed by atoms with Crippen LogP contribution in [0.2, 0.25) is 0 Å². The summed E-state index contributed by atoms with van der Waals surface area (Å²) in [4.78, 5) is 13.1. The van der Waals surface area contributed by atoms with E-state index in [1.807, 2.05) is 6.20 Å². The van der Waals surface area contributed by atoms with Crippen molar-refractivity contribution in [1.29, 1.82) is 0 Å². The van der Waals surface area contributed by atoms with E-state index in [1.54, 1.807) is 0 Å². The van der Waals surface area contributed by atoms with Crippen molar-refractivity contribution in [2.75, 3.05) is 32.7 Å². The summed E-state index contributed by atoms with van der Waals surface area (Å²) in [5.74, 6) is 1.14. The second-order valence-electron chi connectivity index (χ2n) is 5.68. The Kier molecular flexibility index (Phi) is 3.37. The van der Waals surface area contributed by atoms with E-state index < -0.39 is 0 Å². The molecule has 0 radical (unpaired) electrons. The predicted octanol–water partition coefficient (Wildman–Crippen LogP) is 0.580. The van der Waals surface area contributed by atoms with Crippen molar-refractivity contribution in [3.63, 3.8) is 0 Å². The Hall–Kier alpha value is -0.910. The molecule has 3 saturated heterocycles. The maximum absolute atomic E-state index is 4.57. The van der Waals surface area contributed by atoms with E-state index in [0.717, 1.165) is 18.9 Å². The minimum absolute atomic E-state index is 0.472.